The zero-order valence-electron chi connectivity index (χ0n) is 9.76. The van der Waals surface area contributed by atoms with E-state index in [2.05, 4.69) is 25.9 Å². The normalized spacial score (nSPS) is 11.0. The Kier molecular flexibility index (Phi) is 2.56. The first-order valence-electron chi connectivity index (χ1n) is 5.51. The van der Waals surface area contributed by atoms with Crippen LogP contribution in [0, 0.1) is 6.92 Å². The minimum absolute atomic E-state index is 0.639. The van der Waals surface area contributed by atoms with Gasteiger partial charge in [0.25, 0.3) is 0 Å². The van der Waals surface area contributed by atoms with E-state index in [1.807, 2.05) is 35.7 Å². The van der Waals surface area contributed by atoms with E-state index < -0.39 is 0 Å². The van der Waals surface area contributed by atoms with E-state index in [-0.39, 0.29) is 0 Å². The third-order valence-electron chi connectivity index (χ3n) is 2.86. The van der Waals surface area contributed by atoms with Gasteiger partial charge in [0.2, 0.25) is 0 Å². The van der Waals surface area contributed by atoms with Crippen LogP contribution in [0.25, 0.3) is 16.9 Å². The van der Waals surface area contributed by atoms with Gasteiger partial charge < -0.3 is 5.73 Å². The molecule has 90 valence electrons. The summed E-state index contributed by atoms with van der Waals surface area (Å²) >= 11 is 3.47. The van der Waals surface area contributed by atoms with Crippen molar-refractivity contribution in [1.29, 1.82) is 0 Å². The number of pyridine rings is 2. The van der Waals surface area contributed by atoms with E-state index in [9.17, 15) is 0 Å². The van der Waals surface area contributed by atoms with Crippen LogP contribution in [0.3, 0.4) is 0 Å². The van der Waals surface area contributed by atoms with E-state index >= 15 is 0 Å². The molecule has 0 bridgehead atoms. The molecule has 3 aromatic heterocycles. The number of imidazole rings is 1. The molecule has 0 amide bonds. The lowest BCUT2D eigenvalue weighted by Crippen LogP contribution is -1.95. The standard InChI is InChI=1S/C13H11BrN4/c1-8-6-10(14)7-18-12(15)11(17-13(8)18)9-2-4-16-5-3-9/h2-7H,15H2,1H3. The second-order valence-corrected chi connectivity index (χ2v) is 5.03. The first-order valence-corrected chi connectivity index (χ1v) is 6.30. The Labute approximate surface area is 113 Å². The number of nitrogens with two attached hydrogens (primary N) is 1. The van der Waals surface area contributed by atoms with Crippen molar-refractivity contribution in [1.82, 2.24) is 14.4 Å². The summed E-state index contributed by atoms with van der Waals surface area (Å²) in [5.74, 6) is 0.639. The second-order valence-electron chi connectivity index (χ2n) is 4.12. The lowest BCUT2D eigenvalue weighted by Gasteiger charge is -2.01. The zero-order chi connectivity index (χ0) is 12.7. The number of aryl methyl sites for hydroxylation is 1. The molecular weight excluding hydrogens is 292 g/mol. The Balaban J connectivity index is 2.33. The minimum atomic E-state index is 0.639. The summed E-state index contributed by atoms with van der Waals surface area (Å²) in [6.07, 6.45) is 5.40. The second kappa shape index (κ2) is 4.10. The van der Waals surface area contributed by atoms with E-state index in [4.69, 9.17) is 5.73 Å². The number of rotatable bonds is 1. The van der Waals surface area contributed by atoms with Crippen molar-refractivity contribution in [2.75, 3.05) is 5.73 Å². The van der Waals surface area contributed by atoms with Crippen molar-refractivity contribution in [3.63, 3.8) is 0 Å². The van der Waals surface area contributed by atoms with Crippen LogP contribution in [0.4, 0.5) is 5.82 Å². The lowest BCUT2D eigenvalue weighted by atomic mass is 10.2. The van der Waals surface area contributed by atoms with Crippen molar-refractivity contribution >= 4 is 27.4 Å². The summed E-state index contributed by atoms with van der Waals surface area (Å²) in [7, 11) is 0. The summed E-state index contributed by atoms with van der Waals surface area (Å²) < 4.78 is 2.88. The van der Waals surface area contributed by atoms with Crippen molar-refractivity contribution in [2.24, 2.45) is 0 Å². The fourth-order valence-corrected chi connectivity index (χ4v) is 2.56. The van der Waals surface area contributed by atoms with Crippen LogP contribution in [0.15, 0.2) is 41.3 Å². The van der Waals surface area contributed by atoms with Gasteiger partial charge in [0.15, 0.2) is 0 Å². The first kappa shape index (κ1) is 11.2. The monoisotopic (exact) mass is 302 g/mol. The Hall–Kier alpha value is -1.88. The molecule has 0 aliphatic heterocycles. The third-order valence-corrected chi connectivity index (χ3v) is 3.30. The van der Waals surface area contributed by atoms with E-state index in [0.29, 0.717) is 5.82 Å². The quantitative estimate of drug-likeness (QED) is 0.751. The Morgan fingerprint density at radius 3 is 2.72 bits per heavy atom. The molecule has 5 heteroatoms. The van der Waals surface area contributed by atoms with Gasteiger partial charge in [0.1, 0.15) is 17.2 Å². The molecule has 0 radical (unpaired) electrons. The van der Waals surface area contributed by atoms with E-state index in [1.165, 1.54) is 0 Å². The summed E-state index contributed by atoms with van der Waals surface area (Å²) in [5.41, 5.74) is 9.89. The highest BCUT2D eigenvalue weighted by atomic mass is 79.9. The number of nitrogen functional groups attached to an aromatic ring is 1. The van der Waals surface area contributed by atoms with Crippen molar-refractivity contribution in [3.05, 3.63) is 46.8 Å². The highest BCUT2D eigenvalue weighted by molar-refractivity contribution is 9.10. The molecule has 4 nitrogen and oxygen atoms in total. The number of halogens is 1. The average Bonchev–Trinajstić information content (AvgIpc) is 2.69. The predicted octanol–water partition coefficient (Wildman–Crippen LogP) is 3.05. The molecule has 0 aromatic carbocycles. The van der Waals surface area contributed by atoms with Crippen LogP contribution in [-0.2, 0) is 0 Å². The molecule has 3 aromatic rings. The van der Waals surface area contributed by atoms with E-state index in [1.54, 1.807) is 12.4 Å². The molecule has 0 aliphatic rings. The van der Waals surface area contributed by atoms with Gasteiger partial charge in [0.05, 0.1) is 0 Å². The van der Waals surface area contributed by atoms with Crippen LogP contribution < -0.4 is 5.73 Å². The SMILES string of the molecule is Cc1cc(Br)cn2c(N)c(-c3ccncc3)nc12. The molecular formula is C13H11BrN4. The molecule has 0 aliphatic carbocycles. The highest BCUT2D eigenvalue weighted by Crippen LogP contribution is 2.28. The smallest absolute Gasteiger partial charge is 0.142 e. The van der Waals surface area contributed by atoms with Crippen LogP contribution >= 0.6 is 15.9 Å². The van der Waals surface area contributed by atoms with Crippen molar-refractivity contribution in [3.8, 4) is 11.3 Å². The molecule has 3 heterocycles. The number of hydrogen-bond acceptors (Lipinski definition) is 3. The maximum atomic E-state index is 6.17. The highest BCUT2D eigenvalue weighted by Gasteiger charge is 2.12. The van der Waals surface area contributed by atoms with Gasteiger partial charge in [-0.05, 0) is 46.6 Å². The number of nitrogens with zero attached hydrogens (tertiary/aromatic N) is 3. The Bertz CT molecular complexity index is 719. The van der Waals surface area contributed by atoms with Gasteiger partial charge in [-0.2, -0.15) is 0 Å². The van der Waals surface area contributed by atoms with Gasteiger partial charge in [-0.3, -0.25) is 9.38 Å². The fraction of sp³-hybridized carbons (Fsp3) is 0.0769. The summed E-state index contributed by atoms with van der Waals surface area (Å²) in [6.45, 7) is 2.02. The third kappa shape index (κ3) is 1.67. The summed E-state index contributed by atoms with van der Waals surface area (Å²) in [6, 6.07) is 5.84. The maximum absolute atomic E-state index is 6.17. The molecule has 3 rings (SSSR count). The number of anilines is 1. The summed E-state index contributed by atoms with van der Waals surface area (Å²) in [5, 5.41) is 0. The topological polar surface area (TPSA) is 56.2 Å². The fourth-order valence-electron chi connectivity index (χ4n) is 2.01. The average molecular weight is 303 g/mol. The minimum Gasteiger partial charge on any atom is -0.383 e. The maximum Gasteiger partial charge on any atom is 0.142 e. The van der Waals surface area contributed by atoms with Crippen LogP contribution in [-0.4, -0.2) is 14.4 Å². The van der Waals surface area contributed by atoms with Crippen LogP contribution in [0.2, 0.25) is 0 Å². The van der Waals surface area contributed by atoms with Crippen LogP contribution in [0.5, 0.6) is 0 Å². The molecule has 18 heavy (non-hydrogen) atoms. The number of hydrogen-bond donors (Lipinski definition) is 1. The van der Waals surface area contributed by atoms with Crippen molar-refractivity contribution < 1.29 is 0 Å². The van der Waals surface area contributed by atoms with Gasteiger partial charge >= 0.3 is 0 Å². The number of fused-ring (bicyclic) bond motifs is 1. The van der Waals surface area contributed by atoms with Crippen molar-refractivity contribution in [2.45, 2.75) is 6.92 Å². The Morgan fingerprint density at radius 1 is 1.28 bits per heavy atom. The molecule has 0 saturated carbocycles. The van der Waals surface area contributed by atoms with Gasteiger partial charge in [0, 0.05) is 28.6 Å². The summed E-state index contributed by atoms with van der Waals surface area (Å²) in [4.78, 5) is 8.62. The number of aromatic nitrogens is 3. The molecule has 0 fully saturated rings. The lowest BCUT2D eigenvalue weighted by molar-refractivity contribution is 1.16. The molecule has 0 spiro atoms. The van der Waals surface area contributed by atoms with E-state index in [0.717, 1.165) is 26.9 Å². The van der Waals surface area contributed by atoms with Crippen LogP contribution in [0.1, 0.15) is 5.56 Å². The molecule has 0 saturated heterocycles. The van der Waals surface area contributed by atoms with Gasteiger partial charge in [-0.1, -0.05) is 0 Å². The Morgan fingerprint density at radius 2 is 2.00 bits per heavy atom. The largest absolute Gasteiger partial charge is 0.383 e. The first-order chi connectivity index (χ1) is 8.66. The van der Waals surface area contributed by atoms with Gasteiger partial charge in [-0.25, -0.2) is 4.98 Å². The predicted molar refractivity (Wildman–Crippen MR) is 75.3 cm³/mol. The molecule has 0 atom stereocenters. The molecule has 2 N–H and O–H groups in total. The zero-order valence-corrected chi connectivity index (χ0v) is 11.3. The van der Waals surface area contributed by atoms with Gasteiger partial charge in [-0.15, -0.1) is 0 Å². The molecule has 0 unspecified atom stereocenters.